The minimum Gasteiger partial charge on any atom is -0.321 e. The van der Waals surface area contributed by atoms with E-state index in [-0.39, 0.29) is 17.6 Å². The molecule has 0 radical (unpaired) electrons. The minimum atomic E-state index is -0.348. The van der Waals surface area contributed by atoms with Crippen LogP contribution >= 0.6 is 22.7 Å². The van der Waals surface area contributed by atoms with Gasteiger partial charge in [-0.15, -0.1) is 11.3 Å². The number of nitrogens with zero attached hydrogens (tertiary/aromatic N) is 1. The van der Waals surface area contributed by atoms with Crippen LogP contribution in [0.4, 0.5) is 10.8 Å². The van der Waals surface area contributed by atoms with E-state index < -0.39 is 0 Å². The highest BCUT2D eigenvalue weighted by Gasteiger charge is 2.18. The zero-order valence-corrected chi connectivity index (χ0v) is 18.0. The molecule has 0 atom stereocenters. The summed E-state index contributed by atoms with van der Waals surface area (Å²) in [6, 6.07) is 19.5. The first-order valence-corrected chi connectivity index (χ1v) is 11.0. The van der Waals surface area contributed by atoms with Crippen LogP contribution in [-0.2, 0) is 0 Å². The molecule has 0 spiro atoms. The Kier molecular flexibility index (Phi) is 6.01. The van der Waals surface area contributed by atoms with Crippen molar-refractivity contribution in [1.82, 2.24) is 4.98 Å². The first-order chi connectivity index (χ1) is 15.0. The number of carbonyl (C=O) groups excluding carboxylic acids is 3. The summed E-state index contributed by atoms with van der Waals surface area (Å²) >= 11 is 2.50. The molecule has 4 aromatic rings. The number of aromatic nitrogens is 1. The molecule has 2 aromatic carbocycles. The molecule has 154 valence electrons. The fourth-order valence-electron chi connectivity index (χ4n) is 2.88. The standard InChI is InChI=1S/C23H17N3O3S2/c1-14(27)20-19(15-6-3-2-4-7-15)25-23(31-20)26-21(28)16-9-11-17(12-10-16)24-22(29)18-8-5-13-30-18/h2-13H,1H3,(H,24,29)(H,25,26,28). The molecule has 0 unspecified atom stereocenters. The van der Waals surface area contributed by atoms with E-state index in [1.807, 2.05) is 41.8 Å². The molecule has 2 N–H and O–H groups in total. The summed E-state index contributed by atoms with van der Waals surface area (Å²) in [5.74, 6) is -0.650. The van der Waals surface area contributed by atoms with Crippen LogP contribution < -0.4 is 10.6 Å². The Morgan fingerprint density at radius 3 is 2.23 bits per heavy atom. The van der Waals surface area contributed by atoms with Crippen LogP contribution in [0.1, 0.15) is 36.6 Å². The number of anilines is 2. The Hall–Kier alpha value is -3.62. The average molecular weight is 448 g/mol. The van der Waals surface area contributed by atoms with Gasteiger partial charge in [0.25, 0.3) is 11.8 Å². The van der Waals surface area contributed by atoms with Crippen molar-refractivity contribution in [2.24, 2.45) is 0 Å². The van der Waals surface area contributed by atoms with Crippen LogP contribution in [0.5, 0.6) is 0 Å². The molecule has 0 fully saturated rings. The lowest BCUT2D eigenvalue weighted by Crippen LogP contribution is -2.13. The number of Topliss-reactive ketones (excluding diaryl/α,β-unsaturated/α-hetero) is 1. The second-order valence-electron chi connectivity index (χ2n) is 6.58. The van der Waals surface area contributed by atoms with E-state index in [1.54, 1.807) is 30.3 Å². The van der Waals surface area contributed by atoms with Gasteiger partial charge in [-0.2, -0.15) is 0 Å². The maximum Gasteiger partial charge on any atom is 0.265 e. The number of amides is 2. The lowest BCUT2D eigenvalue weighted by molar-refractivity contribution is 0.101. The summed E-state index contributed by atoms with van der Waals surface area (Å²) in [5.41, 5.74) is 2.37. The summed E-state index contributed by atoms with van der Waals surface area (Å²) in [7, 11) is 0. The number of thiophene rings is 1. The van der Waals surface area contributed by atoms with Gasteiger partial charge in [-0.1, -0.05) is 47.7 Å². The van der Waals surface area contributed by atoms with Crippen molar-refractivity contribution in [3.8, 4) is 11.3 Å². The SMILES string of the molecule is CC(=O)c1sc(NC(=O)c2ccc(NC(=O)c3cccs3)cc2)nc1-c1ccccc1. The molecule has 6 nitrogen and oxygen atoms in total. The van der Waals surface area contributed by atoms with Gasteiger partial charge in [0.1, 0.15) is 0 Å². The quantitative estimate of drug-likeness (QED) is 0.378. The molecule has 0 bridgehead atoms. The summed E-state index contributed by atoms with van der Waals surface area (Å²) in [4.78, 5) is 42.4. The van der Waals surface area contributed by atoms with Crippen LogP contribution in [0.2, 0.25) is 0 Å². The van der Waals surface area contributed by atoms with Crippen LogP contribution in [0.25, 0.3) is 11.3 Å². The number of thiazole rings is 1. The average Bonchev–Trinajstić information content (AvgIpc) is 3.45. The van der Waals surface area contributed by atoms with Crippen molar-refractivity contribution in [2.75, 3.05) is 10.6 Å². The van der Waals surface area contributed by atoms with Gasteiger partial charge in [0.15, 0.2) is 10.9 Å². The Labute approximate surface area is 186 Å². The van der Waals surface area contributed by atoms with Gasteiger partial charge in [0.2, 0.25) is 0 Å². The van der Waals surface area contributed by atoms with Crippen LogP contribution in [0.15, 0.2) is 72.1 Å². The van der Waals surface area contributed by atoms with Gasteiger partial charge >= 0.3 is 0 Å². The molecular formula is C23H17N3O3S2. The maximum atomic E-state index is 12.6. The highest BCUT2D eigenvalue weighted by molar-refractivity contribution is 7.18. The largest absolute Gasteiger partial charge is 0.321 e. The van der Waals surface area contributed by atoms with Crippen molar-refractivity contribution in [1.29, 1.82) is 0 Å². The molecule has 8 heteroatoms. The summed E-state index contributed by atoms with van der Waals surface area (Å²) < 4.78 is 0. The molecule has 0 aliphatic rings. The van der Waals surface area contributed by atoms with E-state index in [4.69, 9.17) is 0 Å². The van der Waals surface area contributed by atoms with Crippen molar-refractivity contribution >= 4 is 51.1 Å². The van der Waals surface area contributed by atoms with E-state index in [2.05, 4.69) is 15.6 Å². The third-order valence-corrected chi connectivity index (χ3v) is 6.30. The van der Waals surface area contributed by atoms with E-state index in [0.717, 1.165) is 16.9 Å². The molecule has 4 rings (SSSR count). The van der Waals surface area contributed by atoms with Crippen LogP contribution in [0, 0.1) is 0 Å². The Morgan fingerprint density at radius 2 is 1.58 bits per heavy atom. The van der Waals surface area contributed by atoms with E-state index in [9.17, 15) is 14.4 Å². The molecule has 2 aromatic heterocycles. The van der Waals surface area contributed by atoms with Crippen LogP contribution in [-0.4, -0.2) is 22.6 Å². The third-order valence-electron chi connectivity index (χ3n) is 4.36. The summed E-state index contributed by atoms with van der Waals surface area (Å²) in [6.45, 7) is 1.48. The van der Waals surface area contributed by atoms with Gasteiger partial charge in [-0.3, -0.25) is 19.7 Å². The number of rotatable bonds is 6. The number of benzene rings is 2. The zero-order chi connectivity index (χ0) is 21.8. The first kappa shape index (κ1) is 20.6. The molecule has 0 aliphatic carbocycles. The maximum absolute atomic E-state index is 12.6. The molecule has 2 amide bonds. The second kappa shape index (κ2) is 9.03. The van der Waals surface area contributed by atoms with Crippen molar-refractivity contribution in [2.45, 2.75) is 6.92 Å². The Bertz CT molecular complexity index is 1230. The molecule has 0 saturated heterocycles. The van der Waals surface area contributed by atoms with Gasteiger partial charge in [0.05, 0.1) is 15.4 Å². The number of ketones is 1. The number of nitrogens with one attached hydrogen (secondary N) is 2. The van der Waals surface area contributed by atoms with Crippen molar-refractivity contribution < 1.29 is 14.4 Å². The molecular weight excluding hydrogens is 430 g/mol. The lowest BCUT2D eigenvalue weighted by atomic mass is 10.1. The van der Waals surface area contributed by atoms with Crippen molar-refractivity contribution in [3.05, 3.63) is 87.4 Å². The van der Waals surface area contributed by atoms with Crippen molar-refractivity contribution in [3.63, 3.8) is 0 Å². The van der Waals surface area contributed by atoms with Gasteiger partial charge in [0, 0.05) is 23.7 Å². The fourth-order valence-corrected chi connectivity index (χ4v) is 4.38. The predicted octanol–water partition coefficient (Wildman–Crippen LogP) is 5.58. The van der Waals surface area contributed by atoms with Gasteiger partial charge < -0.3 is 5.32 Å². The highest BCUT2D eigenvalue weighted by atomic mass is 32.1. The summed E-state index contributed by atoms with van der Waals surface area (Å²) in [6.07, 6.45) is 0. The Balaban J connectivity index is 1.48. The number of hydrogen-bond acceptors (Lipinski definition) is 6. The monoisotopic (exact) mass is 447 g/mol. The van der Waals surface area contributed by atoms with Gasteiger partial charge in [-0.05, 0) is 35.7 Å². The Morgan fingerprint density at radius 1 is 0.839 bits per heavy atom. The molecule has 0 aliphatic heterocycles. The van der Waals surface area contributed by atoms with E-state index >= 15 is 0 Å². The third kappa shape index (κ3) is 4.76. The number of hydrogen-bond donors (Lipinski definition) is 2. The van der Waals surface area contributed by atoms with E-state index in [1.165, 1.54) is 18.3 Å². The first-order valence-electron chi connectivity index (χ1n) is 9.35. The molecule has 0 saturated carbocycles. The minimum absolute atomic E-state index is 0.109. The second-order valence-corrected chi connectivity index (χ2v) is 8.53. The zero-order valence-electron chi connectivity index (χ0n) is 16.4. The smallest absolute Gasteiger partial charge is 0.265 e. The summed E-state index contributed by atoms with van der Waals surface area (Å²) in [5, 5.41) is 7.74. The molecule has 31 heavy (non-hydrogen) atoms. The van der Waals surface area contributed by atoms with Gasteiger partial charge in [-0.25, -0.2) is 4.98 Å². The topological polar surface area (TPSA) is 88.2 Å². The number of carbonyl (C=O) groups is 3. The normalized spacial score (nSPS) is 10.5. The highest BCUT2D eigenvalue weighted by Crippen LogP contribution is 2.31. The lowest BCUT2D eigenvalue weighted by Gasteiger charge is -2.05. The van der Waals surface area contributed by atoms with E-state index in [0.29, 0.717) is 31.8 Å². The van der Waals surface area contributed by atoms with Crippen LogP contribution in [0.3, 0.4) is 0 Å². The molecule has 2 heterocycles. The predicted molar refractivity (Wildman–Crippen MR) is 124 cm³/mol. The fraction of sp³-hybridized carbons (Fsp3) is 0.0435.